The summed E-state index contributed by atoms with van der Waals surface area (Å²) in [6, 6.07) is 5.46. The lowest BCUT2D eigenvalue weighted by molar-refractivity contribution is -0.137. The molecule has 0 radical (unpaired) electrons. The average Bonchev–Trinajstić information content (AvgIpc) is 3.25. The lowest BCUT2D eigenvalue weighted by atomic mass is 10.2. The van der Waals surface area contributed by atoms with Crippen LogP contribution in [0.5, 0.6) is 0 Å². The van der Waals surface area contributed by atoms with Crippen LogP contribution in [0.2, 0.25) is 0 Å². The van der Waals surface area contributed by atoms with Crippen molar-refractivity contribution < 1.29 is 18.0 Å². The van der Waals surface area contributed by atoms with E-state index in [0.29, 0.717) is 4.34 Å². The minimum absolute atomic E-state index is 0.0698. The normalized spacial score (nSPS) is 15.7. The molecule has 0 unspecified atom stereocenters. The molecule has 1 saturated carbocycles. The van der Waals surface area contributed by atoms with E-state index in [1.807, 2.05) is 0 Å². The summed E-state index contributed by atoms with van der Waals surface area (Å²) in [6.07, 6.45) is -2.44. The molecule has 0 aliphatic heterocycles. The third-order valence-electron chi connectivity index (χ3n) is 3.45. The van der Waals surface area contributed by atoms with Crippen molar-refractivity contribution in [2.24, 2.45) is 0 Å². The van der Waals surface area contributed by atoms with E-state index in [9.17, 15) is 18.0 Å². The van der Waals surface area contributed by atoms with Crippen LogP contribution in [-0.2, 0) is 11.0 Å². The van der Waals surface area contributed by atoms with Gasteiger partial charge in [-0.05, 0) is 31.9 Å². The smallest absolute Gasteiger partial charge is 0.352 e. The highest BCUT2D eigenvalue weighted by molar-refractivity contribution is 8.02. The van der Waals surface area contributed by atoms with Gasteiger partial charge in [0, 0.05) is 6.04 Å². The standard InChI is InChI=1S/C15H15F3N4OS2/c1-8(12(23)19-9-6-7-9)24-14-22-21-13(25-14)20-11-5-3-2-4-10(11)15(16,17)18/h2-5,8-9H,6-7H2,1H3,(H,19,23)(H,20,21)/t8-/m1/s1. The molecule has 2 aromatic rings. The summed E-state index contributed by atoms with van der Waals surface area (Å²) in [6.45, 7) is 1.76. The van der Waals surface area contributed by atoms with E-state index in [0.717, 1.165) is 30.2 Å². The quantitative estimate of drug-likeness (QED) is 0.731. The van der Waals surface area contributed by atoms with Crippen molar-refractivity contribution in [3.05, 3.63) is 29.8 Å². The maximum atomic E-state index is 13.0. The summed E-state index contributed by atoms with van der Waals surface area (Å²) in [4.78, 5) is 11.9. The first-order valence-corrected chi connectivity index (χ1v) is 9.26. The Morgan fingerprint density at radius 2 is 2.04 bits per heavy atom. The summed E-state index contributed by atoms with van der Waals surface area (Å²) in [7, 11) is 0. The topological polar surface area (TPSA) is 66.9 Å². The maximum absolute atomic E-state index is 13.0. The second-order valence-corrected chi connectivity index (χ2v) is 8.15. The Labute approximate surface area is 150 Å². The molecular weight excluding hydrogens is 373 g/mol. The molecule has 1 amide bonds. The first-order chi connectivity index (χ1) is 11.8. The molecule has 1 aromatic carbocycles. The first-order valence-electron chi connectivity index (χ1n) is 7.56. The van der Waals surface area contributed by atoms with E-state index in [-0.39, 0.29) is 28.0 Å². The van der Waals surface area contributed by atoms with Crippen molar-refractivity contribution >= 4 is 39.8 Å². The molecule has 5 nitrogen and oxygen atoms in total. The van der Waals surface area contributed by atoms with Gasteiger partial charge in [-0.25, -0.2) is 0 Å². The van der Waals surface area contributed by atoms with Crippen molar-refractivity contribution in [3.8, 4) is 0 Å². The number of hydrogen-bond donors (Lipinski definition) is 2. The summed E-state index contributed by atoms with van der Waals surface area (Å²) >= 11 is 2.34. The molecule has 1 heterocycles. The molecule has 1 aliphatic carbocycles. The van der Waals surface area contributed by atoms with E-state index >= 15 is 0 Å². The van der Waals surface area contributed by atoms with Gasteiger partial charge in [0.1, 0.15) is 0 Å². The zero-order valence-corrected chi connectivity index (χ0v) is 14.8. The van der Waals surface area contributed by atoms with Crippen LogP contribution in [0.1, 0.15) is 25.3 Å². The Hall–Kier alpha value is -1.81. The molecule has 0 spiro atoms. The molecule has 1 fully saturated rings. The van der Waals surface area contributed by atoms with E-state index in [1.165, 1.54) is 30.0 Å². The Bertz CT molecular complexity index is 761. The van der Waals surface area contributed by atoms with E-state index < -0.39 is 11.7 Å². The second-order valence-electron chi connectivity index (χ2n) is 5.58. The summed E-state index contributed by atoms with van der Waals surface area (Å²) < 4.78 is 39.5. The average molecular weight is 388 g/mol. The number of thioether (sulfide) groups is 1. The number of para-hydroxylation sites is 1. The Balaban J connectivity index is 1.65. The number of halogens is 3. The molecule has 134 valence electrons. The van der Waals surface area contributed by atoms with Crippen LogP contribution in [0.15, 0.2) is 28.6 Å². The first kappa shape index (κ1) is 18.0. The lowest BCUT2D eigenvalue weighted by Gasteiger charge is -2.12. The molecule has 0 saturated heterocycles. The minimum atomic E-state index is -4.46. The van der Waals surface area contributed by atoms with Gasteiger partial charge >= 0.3 is 6.18 Å². The summed E-state index contributed by atoms with van der Waals surface area (Å²) in [5.41, 5.74) is -0.848. The number of aromatic nitrogens is 2. The van der Waals surface area contributed by atoms with Gasteiger partial charge in [-0.3, -0.25) is 4.79 Å². The highest BCUT2D eigenvalue weighted by Crippen LogP contribution is 2.37. The fraction of sp³-hybridized carbons (Fsp3) is 0.400. The van der Waals surface area contributed by atoms with Gasteiger partial charge in [-0.1, -0.05) is 35.2 Å². The molecule has 2 N–H and O–H groups in total. The number of carbonyl (C=O) groups is 1. The van der Waals surface area contributed by atoms with Crippen LogP contribution in [0.25, 0.3) is 0 Å². The molecule has 25 heavy (non-hydrogen) atoms. The number of benzene rings is 1. The molecule has 0 bridgehead atoms. The predicted molar refractivity (Wildman–Crippen MR) is 91.1 cm³/mol. The number of carbonyl (C=O) groups excluding carboxylic acids is 1. The van der Waals surface area contributed by atoms with E-state index in [4.69, 9.17) is 0 Å². The number of amides is 1. The SMILES string of the molecule is C[C@@H](Sc1nnc(Nc2ccccc2C(F)(F)F)s1)C(=O)NC1CC1. The summed E-state index contributed by atoms with van der Waals surface area (Å²) in [5, 5.41) is 13.2. The second kappa shape index (κ2) is 7.20. The van der Waals surface area contributed by atoms with Crippen molar-refractivity contribution in [3.63, 3.8) is 0 Å². The molecule has 10 heteroatoms. The molecule has 3 rings (SSSR count). The number of nitrogens with one attached hydrogen (secondary N) is 2. The van der Waals surface area contributed by atoms with Gasteiger partial charge in [-0.15, -0.1) is 10.2 Å². The number of nitrogens with zero attached hydrogens (tertiary/aromatic N) is 2. The predicted octanol–water partition coefficient (Wildman–Crippen LogP) is 4.06. The number of alkyl halides is 3. The van der Waals surface area contributed by atoms with Crippen molar-refractivity contribution in [1.29, 1.82) is 0 Å². The molecule has 1 aliphatic rings. The molecular formula is C15H15F3N4OS2. The highest BCUT2D eigenvalue weighted by atomic mass is 32.2. The maximum Gasteiger partial charge on any atom is 0.418 e. The van der Waals surface area contributed by atoms with Crippen LogP contribution in [0.3, 0.4) is 0 Å². The van der Waals surface area contributed by atoms with Crippen molar-refractivity contribution in [2.45, 2.75) is 41.6 Å². The molecule has 1 atom stereocenters. The number of hydrogen-bond acceptors (Lipinski definition) is 6. The fourth-order valence-corrected chi connectivity index (χ4v) is 3.93. The van der Waals surface area contributed by atoms with Gasteiger partial charge in [0.15, 0.2) is 4.34 Å². The van der Waals surface area contributed by atoms with Crippen LogP contribution >= 0.6 is 23.1 Å². The third kappa shape index (κ3) is 4.85. The van der Waals surface area contributed by atoms with Gasteiger partial charge in [-0.2, -0.15) is 13.2 Å². The van der Waals surface area contributed by atoms with Crippen LogP contribution in [0.4, 0.5) is 24.0 Å². The Morgan fingerprint density at radius 1 is 1.32 bits per heavy atom. The Morgan fingerprint density at radius 3 is 2.72 bits per heavy atom. The van der Waals surface area contributed by atoms with Crippen LogP contribution in [-0.4, -0.2) is 27.4 Å². The van der Waals surface area contributed by atoms with Crippen molar-refractivity contribution in [2.75, 3.05) is 5.32 Å². The largest absolute Gasteiger partial charge is 0.418 e. The fourth-order valence-electron chi connectivity index (χ4n) is 2.01. The van der Waals surface area contributed by atoms with Gasteiger partial charge < -0.3 is 10.6 Å². The zero-order chi connectivity index (χ0) is 18.0. The van der Waals surface area contributed by atoms with Crippen LogP contribution < -0.4 is 10.6 Å². The lowest BCUT2D eigenvalue weighted by Crippen LogP contribution is -2.32. The van der Waals surface area contributed by atoms with E-state index in [2.05, 4.69) is 20.8 Å². The van der Waals surface area contributed by atoms with E-state index in [1.54, 1.807) is 6.92 Å². The third-order valence-corrected chi connectivity index (χ3v) is 5.47. The van der Waals surface area contributed by atoms with Gasteiger partial charge in [0.2, 0.25) is 11.0 Å². The van der Waals surface area contributed by atoms with Crippen molar-refractivity contribution in [1.82, 2.24) is 15.5 Å². The minimum Gasteiger partial charge on any atom is -0.352 e. The highest BCUT2D eigenvalue weighted by Gasteiger charge is 2.33. The Kier molecular flexibility index (Phi) is 5.19. The molecule has 1 aromatic heterocycles. The zero-order valence-electron chi connectivity index (χ0n) is 13.1. The van der Waals surface area contributed by atoms with Gasteiger partial charge in [0.25, 0.3) is 0 Å². The van der Waals surface area contributed by atoms with Crippen LogP contribution in [0, 0.1) is 0 Å². The van der Waals surface area contributed by atoms with Gasteiger partial charge in [0.05, 0.1) is 16.5 Å². The monoisotopic (exact) mass is 388 g/mol. The number of anilines is 2. The summed E-state index contributed by atoms with van der Waals surface area (Å²) in [5.74, 6) is -0.0698. The number of rotatable bonds is 6.